The van der Waals surface area contributed by atoms with Crippen molar-refractivity contribution in [1.82, 2.24) is 9.29 Å². The summed E-state index contributed by atoms with van der Waals surface area (Å²) in [6.07, 6.45) is 2.36. The van der Waals surface area contributed by atoms with Gasteiger partial charge < -0.3 is 10.1 Å². The van der Waals surface area contributed by atoms with Crippen LogP contribution in [0.25, 0.3) is 11.3 Å². The molecule has 8 nitrogen and oxygen atoms in total. The normalized spacial score (nSPS) is 17.7. The number of esters is 1. The Morgan fingerprint density at radius 2 is 2.03 bits per heavy atom. The van der Waals surface area contributed by atoms with E-state index in [0.29, 0.717) is 30.0 Å². The number of sulfonamides is 1. The van der Waals surface area contributed by atoms with Crippen molar-refractivity contribution in [3.63, 3.8) is 0 Å². The molecule has 1 amide bonds. The number of nitrogens with one attached hydrogen (secondary N) is 1. The van der Waals surface area contributed by atoms with Gasteiger partial charge in [0.2, 0.25) is 15.9 Å². The molecule has 29 heavy (non-hydrogen) atoms. The summed E-state index contributed by atoms with van der Waals surface area (Å²) in [7, 11) is -3.34. The van der Waals surface area contributed by atoms with Crippen molar-refractivity contribution < 1.29 is 22.7 Å². The summed E-state index contributed by atoms with van der Waals surface area (Å²) >= 11 is 1.05. The van der Waals surface area contributed by atoms with E-state index in [4.69, 9.17) is 4.74 Å². The van der Waals surface area contributed by atoms with E-state index in [1.54, 1.807) is 6.92 Å². The standard InChI is InChI=1S/C19H23N3O5S2/c1-3-27-18(24)16-15(13-8-5-4-6-9-13)20-19(28-16)21-17(23)14-10-7-11-22(12-14)29(2,25)26/h4-6,8-9,14H,3,7,10-12H2,1-2H3,(H,20,21,23). The number of carbonyl (C=O) groups excluding carboxylic acids is 2. The molecular formula is C19H23N3O5S2. The maximum atomic E-state index is 12.7. The molecule has 0 radical (unpaired) electrons. The zero-order chi connectivity index (χ0) is 21.0. The third-order valence-electron chi connectivity index (χ3n) is 4.59. The Bertz CT molecular complexity index is 989. The molecule has 10 heteroatoms. The van der Waals surface area contributed by atoms with E-state index in [1.807, 2.05) is 30.3 Å². The topological polar surface area (TPSA) is 106 Å². The molecule has 1 N–H and O–H groups in total. The van der Waals surface area contributed by atoms with E-state index >= 15 is 0 Å². The Morgan fingerprint density at radius 3 is 2.69 bits per heavy atom. The second-order valence-corrected chi connectivity index (χ2v) is 9.71. The summed E-state index contributed by atoms with van der Waals surface area (Å²) in [6.45, 7) is 2.52. The third-order valence-corrected chi connectivity index (χ3v) is 6.81. The van der Waals surface area contributed by atoms with Gasteiger partial charge in [0.15, 0.2) is 5.13 Å². The Labute approximate surface area is 173 Å². The van der Waals surface area contributed by atoms with Crippen LogP contribution in [0.3, 0.4) is 0 Å². The average molecular weight is 438 g/mol. The van der Waals surface area contributed by atoms with Crippen LogP contribution in [0, 0.1) is 5.92 Å². The van der Waals surface area contributed by atoms with Crippen LogP contribution in [-0.4, -0.2) is 55.5 Å². The van der Waals surface area contributed by atoms with Gasteiger partial charge in [-0.25, -0.2) is 22.5 Å². The third kappa shape index (κ3) is 5.20. The molecule has 0 bridgehead atoms. The number of benzene rings is 1. The van der Waals surface area contributed by atoms with E-state index in [-0.39, 0.29) is 24.2 Å². The number of aromatic nitrogens is 1. The van der Waals surface area contributed by atoms with Gasteiger partial charge in [0.25, 0.3) is 0 Å². The van der Waals surface area contributed by atoms with Gasteiger partial charge in [0, 0.05) is 18.7 Å². The number of thiazole rings is 1. The summed E-state index contributed by atoms with van der Waals surface area (Å²) in [5.41, 5.74) is 1.19. The van der Waals surface area contributed by atoms with Crippen LogP contribution >= 0.6 is 11.3 Å². The number of hydrogen-bond donors (Lipinski definition) is 1. The minimum Gasteiger partial charge on any atom is -0.462 e. The molecule has 2 heterocycles. The molecule has 3 rings (SSSR count). The zero-order valence-electron chi connectivity index (χ0n) is 16.3. The second-order valence-electron chi connectivity index (χ2n) is 6.73. The lowest BCUT2D eigenvalue weighted by molar-refractivity contribution is -0.120. The molecule has 1 unspecified atom stereocenters. The first-order valence-electron chi connectivity index (χ1n) is 9.29. The van der Waals surface area contributed by atoms with Crippen LogP contribution in [-0.2, 0) is 19.6 Å². The van der Waals surface area contributed by atoms with E-state index in [9.17, 15) is 18.0 Å². The molecule has 1 aromatic carbocycles. The lowest BCUT2D eigenvalue weighted by Gasteiger charge is -2.29. The van der Waals surface area contributed by atoms with Gasteiger partial charge in [-0.15, -0.1) is 0 Å². The zero-order valence-corrected chi connectivity index (χ0v) is 17.9. The Balaban J connectivity index is 1.82. The SMILES string of the molecule is CCOC(=O)c1sc(NC(=O)C2CCCN(S(C)(=O)=O)C2)nc1-c1ccccc1. The van der Waals surface area contributed by atoms with Crippen LogP contribution in [0.15, 0.2) is 30.3 Å². The number of anilines is 1. The van der Waals surface area contributed by atoms with Crippen molar-refractivity contribution >= 4 is 38.4 Å². The molecule has 1 aromatic heterocycles. The maximum Gasteiger partial charge on any atom is 0.350 e. The lowest BCUT2D eigenvalue weighted by Crippen LogP contribution is -2.43. The predicted molar refractivity (Wildman–Crippen MR) is 111 cm³/mol. The first kappa shape index (κ1) is 21.4. The first-order valence-corrected chi connectivity index (χ1v) is 12.0. The molecule has 0 saturated carbocycles. The van der Waals surface area contributed by atoms with E-state index in [1.165, 1.54) is 4.31 Å². The van der Waals surface area contributed by atoms with Crippen molar-refractivity contribution in [3.8, 4) is 11.3 Å². The number of piperidine rings is 1. The summed E-state index contributed by atoms with van der Waals surface area (Å²) in [6, 6.07) is 9.19. The predicted octanol–water partition coefficient (Wildman–Crippen LogP) is 2.60. The average Bonchev–Trinajstić information content (AvgIpc) is 3.12. The highest BCUT2D eigenvalue weighted by Gasteiger charge is 2.31. The van der Waals surface area contributed by atoms with Crippen molar-refractivity contribution in [1.29, 1.82) is 0 Å². The largest absolute Gasteiger partial charge is 0.462 e. The van der Waals surface area contributed by atoms with Crippen LogP contribution in [0.4, 0.5) is 5.13 Å². The van der Waals surface area contributed by atoms with Gasteiger partial charge in [-0.1, -0.05) is 41.7 Å². The van der Waals surface area contributed by atoms with Gasteiger partial charge in [0.1, 0.15) is 4.88 Å². The highest BCUT2D eigenvalue weighted by molar-refractivity contribution is 7.88. The molecular weight excluding hydrogens is 414 g/mol. The number of rotatable bonds is 6. The highest BCUT2D eigenvalue weighted by Crippen LogP contribution is 2.32. The fourth-order valence-corrected chi connectivity index (χ4v) is 4.96. The number of nitrogens with zero attached hydrogens (tertiary/aromatic N) is 2. The minimum absolute atomic E-state index is 0.145. The first-order chi connectivity index (χ1) is 13.8. The number of hydrogen-bond acceptors (Lipinski definition) is 7. The van der Waals surface area contributed by atoms with E-state index in [2.05, 4.69) is 10.3 Å². The van der Waals surface area contributed by atoms with Crippen LogP contribution in [0.2, 0.25) is 0 Å². The fourth-order valence-electron chi connectivity index (χ4n) is 3.17. The Morgan fingerprint density at radius 1 is 1.31 bits per heavy atom. The number of carbonyl (C=O) groups is 2. The van der Waals surface area contributed by atoms with E-state index < -0.39 is 21.9 Å². The lowest BCUT2D eigenvalue weighted by atomic mass is 9.99. The highest BCUT2D eigenvalue weighted by atomic mass is 32.2. The van der Waals surface area contributed by atoms with Gasteiger partial charge in [-0.3, -0.25) is 4.79 Å². The summed E-state index contributed by atoms with van der Waals surface area (Å²) in [5.74, 6) is -1.26. The summed E-state index contributed by atoms with van der Waals surface area (Å²) in [5, 5.41) is 3.04. The fraction of sp³-hybridized carbons (Fsp3) is 0.421. The summed E-state index contributed by atoms with van der Waals surface area (Å²) in [4.78, 5) is 29.8. The van der Waals surface area contributed by atoms with Crippen LogP contribution in [0.5, 0.6) is 0 Å². The molecule has 1 atom stereocenters. The quantitative estimate of drug-likeness (QED) is 0.697. The molecule has 156 valence electrons. The monoisotopic (exact) mass is 437 g/mol. The molecule has 1 aliphatic rings. The minimum atomic E-state index is -3.34. The number of amides is 1. The van der Waals surface area contributed by atoms with Gasteiger partial charge in [-0.05, 0) is 19.8 Å². The van der Waals surface area contributed by atoms with Gasteiger partial charge in [0.05, 0.1) is 24.5 Å². The summed E-state index contributed by atoms with van der Waals surface area (Å²) < 4.78 is 30.0. The number of ether oxygens (including phenoxy) is 1. The molecule has 1 aliphatic heterocycles. The van der Waals surface area contributed by atoms with Gasteiger partial charge in [-0.2, -0.15) is 0 Å². The molecule has 1 saturated heterocycles. The van der Waals surface area contributed by atoms with Crippen molar-refractivity contribution in [3.05, 3.63) is 35.2 Å². The van der Waals surface area contributed by atoms with E-state index in [0.717, 1.165) is 23.2 Å². The Hall–Kier alpha value is -2.30. The Kier molecular flexibility index (Phi) is 6.66. The van der Waals surface area contributed by atoms with Crippen LogP contribution < -0.4 is 5.32 Å². The molecule has 0 aliphatic carbocycles. The second kappa shape index (κ2) is 9.02. The van der Waals surface area contributed by atoms with Crippen molar-refractivity contribution in [2.75, 3.05) is 31.3 Å². The maximum absolute atomic E-state index is 12.7. The van der Waals surface area contributed by atoms with Crippen molar-refractivity contribution in [2.24, 2.45) is 5.92 Å². The van der Waals surface area contributed by atoms with Gasteiger partial charge >= 0.3 is 5.97 Å². The van der Waals surface area contributed by atoms with Crippen LogP contribution in [0.1, 0.15) is 29.4 Å². The smallest absolute Gasteiger partial charge is 0.350 e. The molecule has 0 spiro atoms. The molecule has 2 aromatic rings. The van der Waals surface area contributed by atoms with Crippen molar-refractivity contribution in [2.45, 2.75) is 19.8 Å². The molecule has 1 fully saturated rings.